The number of hydrogen-bond donors (Lipinski definition) is 0. The van der Waals surface area contributed by atoms with Gasteiger partial charge in [0.1, 0.15) is 0 Å². The van der Waals surface area contributed by atoms with Crippen molar-refractivity contribution in [1.82, 2.24) is 0 Å². The second-order valence-corrected chi connectivity index (χ2v) is 11.2. The van der Waals surface area contributed by atoms with Crippen molar-refractivity contribution in [3.05, 3.63) is 25.7 Å². The smallest absolute Gasteiger partial charge is 0.0844 e. The molecule has 0 aliphatic heterocycles. The predicted molar refractivity (Wildman–Crippen MR) is 86.0 cm³/mol. The van der Waals surface area contributed by atoms with Crippen molar-refractivity contribution in [2.45, 2.75) is 38.9 Å². The SMILES string of the molecule is CC[Si](CC)(CC)c1c(Cl)ccc(I)c1Cl. The summed E-state index contributed by atoms with van der Waals surface area (Å²) in [5.41, 5.74) is 0. The molecule has 0 unspecified atom stereocenters. The molecule has 0 bridgehead atoms. The fraction of sp³-hybridized carbons (Fsp3) is 0.500. The van der Waals surface area contributed by atoms with Crippen LogP contribution in [0.2, 0.25) is 28.2 Å². The van der Waals surface area contributed by atoms with E-state index in [4.69, 9.17) is 23.2 Å². The van der Waals surface area contributed by atoms with Gasteiger partial charge in [0.2, 0.25) is 0 Å². The Morgan fingerprint density at radius 3 is 2.00 bits per heavy atom. The van der Waals surface area contributed by atoms with E-state index in [1.807, 2.05) is 12.1 Å². The zero-order valence-electron chi connectivity index (χ0n) is 9.91. The first-order chi connectivity index (χ1) is 7.52. The summed E-state index contributed by atoms with van der Waals surface area (Å²) >= 11 is 15.1. The molecule has 0 saturated heterocycles. The third-order valence-electron chi connectivity index (χ3n) is 3.60. The van der Waals surface area contributed by atoms with Gasteiger partial charge in [0, 0.05) is 8.59 Å². The van der Waals surface area contributed by atoms with E-state index in [1.54, 1.807) is 0 Å². The van der Waals surface area contributed by atoms with Crippen molar-refractivity contribution in [1.29, 1.82) is 0 Å². The fourth-order valence-electron chi connectivity index (χ4n) is 2.29. The Hall–Kier alpha value is 0.747. The van der Waals surface area contributed by atoms with Gasteiger partial charge in [0.25, 0.3) is 0 Å². The average molecular weight is 387 g/mol. The summed E-state index contributed by atoms with van der Waals surface area (Å²) in [4.78, 5) is 0. The molecule has 0 atom stereocenters. The van der Waals surface area contributed by atoms with Crippen LogP contribution in [-0.2, 0) is 0 Å². The Balaban J connectivity index is 3.45. The van der Waals surface area contributed by atoms with Crippen molar-refractivity contribution < 1.29 is 0 Å². The second-order valence-electron chi connectivity index (χ2n) is 4.06. The Morgan fingerprint density at radius 1 is 1.06 bits per heavy atom. The maximum Gasteiger partial charge on any atom is 0.0898 e. The average Bonchev–Trinajstić information content (AvgIpc) is 2.30. The van der Waals surface area contributed by atoms with Crippen LogP contribution in [0.3, 0.4) is 0 Å². The van der Waals surface area contributed by atoms with E-state index < -0.39 is 8.07 Å². The quantitative estimate of drug-likeness (QED) is 0.373. The molecule has 0 aromatic heterocycles. The molecule has 4 heteroatoms. The molecule has 1 aromatic carbocycles. The Kier molecular flexibility index (Phi) is 5.62. The highest BCUT2D eigenvalue weighted by Gasteiger charge is 2.33. The first-order valence-electron chi connectivity index (χ1n) is 5.66. The first-order valence-corrected chi connectivity index (χ1v) is 10.1. The third kappa shape index (κ3) is 2.60. The summed E-state index contributed by atoms with van der Waals surface area (Å²) in [5.74, 6) is 0. The minimum atomic E-state index is -1.48. The minimum absolute atomic E-state index is 0.864. The van der Waals surface area contributed by atoms with E-state index in [0.29, 0.717) is 0 Å². The number of halogens is 3. The van der Waals surface area contributed by atoms with Crippen LogP contribution in [-0.4, -0.2) is 8.07 Å². The molecule has 0 radical (unpaired) electrons. The predicted octanol–water partition coefficient (Wildman–Crippen LogP) is 5.31. The molecule has 0 nitrogen and oxygen atoms in total. The van der Waals surface area contributed by atoms with E-state index in [-0.39, 0.29) is 0 Å². The molecule has 0 spiro atoms. The van der Waals surface area contributed by atoms with Gasteiger partial charge in [-0.05, 0) is 39.9 Å². The second kappa shape index (κ2) is 6.07. The molecular formula is C12H17Cl2ISi. The summed E-state index contributed by atoms with van der Waals surface area (Å²) in [7, 11) is -1.48. The van der Waals surface area contributed by atoms with Gasteiger partial charge in [-0.1, -0.05) is 62.1 Å². The minimum Gasteiger partial charge on any atom is -0.0844 e. The van der Waals surface area contributed by atoms with Gasteiger partial charge in [-0.15, -0.1) is 0 Å². The summed E-state index contributed by atoms with van der Waals surface area (Å²) < 4.78 is 1.12. The van der Waals surface area contributed by atoms with Crippen LogP contribution >= 0.6 is 45.8 Å². The van der Waals surface area contributed by atoms with Crippen LogP contribution < -0.4 is 5.19 Å². The molecule has 0 aliphatic carbocycles. The largest absolute Gasteiger partial charge is 0.0898 e. The molecule has 90 valence electrons. The molecule has 0 aliphatic rings. The molecule has 0 heterocycles. The lowest BCUT2D eigenvalue weighted by Crippen LogP contribution is -2.47. The normalized spacial score (nSPS) is 11.9. The standard InChI is InChI=1S/C12H17Cl2ISi/c1-4-16(5-2,6-3)12-9(13)7-8-10(15)11(12)14/h7-8H,4-6H2,1-3H3. The molecule has 1 aromatic rings. The van der Waals surface area contributed by atoms with Crippen molar-refractivity contribution >= 4 is 59.1 Å². The number of benzene rings is 1. The lowest BCUT2D eigenvalue weighted by Gasteiger charge is -2.30. The molecule has 1 rings (SSSR count). The topological polar surface area (TPSA) is 0 Å². The summed E-state index contributed by atoms with van der Waals surface area (Å²) in [5, 5.41) is 3.03. The highest BCUT2D eigenvalue weighted by molar-refractivity contribution is 14.1. The number of hydrogen-bond acceptors (Lipinski definition) is 0. The zero-order valence-corrected chi connectivity index (χ0v) is 14.6. The van der Waals surface area contributed by atoms with Gasteiger partial charge >= 0.3 is 0 Å². The van der Waals surface area contributed by atoms with Crippen LogP contribution in [0, 0.1) is 3.57 Å². The van der Waals surface area contributed by atoms with Crippen LogP contribution in [0.1, 0.15) is 20.8 Å². The Morgan fingerprint density at radius 2 is 1.56 bits per heavy atom. The van der Waals surface area contributed by atoms with Gasteiger partial charge in [0.05, 0.1) is 13.1 Å². The summed E-state index contributed by atoms with van der Waals surface area (Å²) in [6.07, 6.45) is 0. The number of rotatable bonds is 4. The molecule has 0 fully saturated rings. The van der Waals surface area contributed by atoms with E-state index >= 15 is 0 Å². The van der Waals surface area contributed by atoms with Crippen LogP contribution in [0.15, 0.2) is 12.1 Å². The van der Waals surface area contributed by atoms with E-state index in [0.717, 1.165) is 13.6 Å². The molecule has 0 N–H and O–H groups in total. The third-order valence-corrected chi connectivity index (χ3v) is 11.5. The first kappa shape index (κ1) is 14.8. The van der Waals surface area contributed by atoms with Gasteiger partial charge < -0.3 is 0 Å². The maximum atomic E-state index is 6.46. The van der Waals surface area contributed by atoms with E-state index in [1.165, 1.54) is 23.3 Å². The van der Waals surface area contributed by atoms with E-state index in [9.17, 15) is 0 Å². The van der Waals surface area contributed by atoms with Gasteiger partial charge in [0.15, 0.2) is 0 Å². The monoisotopic (exact) mass is 386 g/mol. The highest BCUT2D eigenvalue weighted by atomic mass is 127. The van der Waals surface area contributed by atoms with Gasteiger partial charge in [-0.3, -0.25) is 0 Å². The van der Waals surface area contributed by atoms with Crippen molar-refractivity contribution in [2.75, 3.05) is 0 Å². The Labute approximate surface area is 123 Å². The van der Waals surface area contributed by atoms with Crippen molar-refractivity contribution in [3.63, 3.8) is 0 Å². The van der Waals surface area contributed by atoms with E-state index in [2.05, 4.69) is 43.4 Å². The zero-order chi connectivity index (χ0) is 12.3. The fourth-order valence-corrected chi connectivity index (χ4v) is 8.32. The van der Waals surface area contributed by atoms with Gasteiger partial charge in [-0.25, -0.2) is 0 Å². The summed E-state index contributed by atoms with van der Waals surface area (Å²) in [6, 6.07) is 7.61. The molecular weight excluding hydrogens is 370 g/mol. The lowest BCUT2D eigenvalue weighted by atomic mass is 10.4. The van der Waals surface area contributed by atoms with Crippen LogP contribution in [0.4, 0.5) is 0 Å². The van der Waals surface area contributed by atoms with Crippen molar-refractivity contribution in [3.8, 4) is 0 Å². The highest BCUT2D eigenvalue weighted by Crippen LogP contribution is 2.30. The van der Waals surface area contributed by atoms with Crippen LogP contribution in [0.25, 0.3) is 0 Å². The molecule has 16 heavy (non-hydrogen) atoms. The van der Waals surface area contributed by atoms with Crippen molar-refractivity contribution in [2.24, 2.45) is 0 Å². The molecule has 0 amide bonds. The maximum absolute atomic E-state index is 6.46. The Bertz CT molecular complexity index is 367. The lowest BCUT2D eigenvalue weighted by molar-refractivity contribution is 1.19. The van der Waals surface area contributed by atoms with Crippen LogP contribution in [0.5, 0.6) is 0 Å². The van der Waals surface area contributed by atoms with Gasteiger partial charge in [-0.2, -0.15) is 0 Å². The summed E-state index contributed by atoms with van der Waals surface area (Å²) in [6.45, 7) is 6.81. The molecule has 0 saturated carbocycles.